The third kappa shape index (κ3) is 2.62. The first-order valence-electron chi connectivity index (χ1n) is 6.94. The van der Waals surface area contributed by atoms with Crippen LogP contribution in [0.15, 0.2) is 18.2 Å². The fourth-order valence-electron chi connectivity index (χ4n) is 3.07. The van der Waals surface area contributed by atoms with Crippen LogP contribution in [-0.2, 0) is 4.79 Å². The number of carbonyl (C=O) groups excluding carboxylic acids is 1. The minimum absolute atomic E-state index is 0.0308. The summed E-state index contributed by atoms with van der Waals surface area (Å²) in [7, 11) is 0. The van der Waals surface area contributed by atoms with Gasteiger partial charge in [-0.1, -0.05) is 0 Å². The van der Waals surface area contributed by atoms with Gasteiger partial charge in [0, 0.05) is 18.7 Å². The monoisotopic (exact) mass is 295 g/mol. The fraction of sp³-hybridized carbons (Fsp3) is 0.467. The van der Waals surface area contributed by atoms with Gasteiger partial charge in [-0.15, -0.1) is 0 Å². The minimum Gasteiger partial charge on any atom is -0.481 e. The zero-order valence-electron chi connectivity index (χ0n) is 11.3. The zero-order chi connectivity index (χ0) is 15.1. The molecule has 1 saturated carbocycles. The van der Waals surface area contributed by atoms with Gasteiger partial charge >= 0.3 is 5.97 Å². The Kier molecular flexibility index (Phi) is 3.39. The number of carboxylic acid groups (broad SMARTS) is 1. The molecule has 6 heteroatoms. The predicted octanol–water partition coefficient (Wildman–Crippen LogP) is 2.15. The summed E-state index contributed by atoms with van der Waals surface area (Å²) < 4.78 is 26.1. The van der Waals surface area contributed by atoms with E-state index in [1.54, 1.807) is 0 Å². The first-order chi connectivity index (χ1) is 9.97. The molecule has 0 radical (unpaired) electrons. The van der Waals surface area contributed by atoms with Gasteiger partial charge in [0.2, 0.25) is 0 Å². The number of likely N-dealkylation sites (tertiary alicyclic amines) is 1. The van der Waals surface area contributed by atoms with Crippen LogP contribution in [0, 0.1) is 29.4 Å². The molecule has 2 fully saturated rings. The number of hydrogen-bond donors (Lipinski definition) is 1. The van der Waals surface area contributed by atoms with E-state index in [2.05, 4.69) is 0 Å². The molecule has 0 unspecified atom stereocenters. The summed E-state index contributed by atoms with van der Waals surface area (Å²) in [6.07, 6.45) is 2.00. The molecule has 1 aliphatic carbocycles. The Bertz CT molecular complexity index is 601. The second-order valence-electron chi connectivity index (χ2n) is 5.79. The molecule has 1 saturated heterocycles. The summed E-state index contributed by atoms with van der Waals surface area (Å²) in [6, 6.07) is 2.99. The Morgan fingerprint density at radius 3 is 2.43 bits per heavy atom. The summed E-state index contributed by atoms with van der Waals surface area (Å²) in [6.45, 7) is 0.508. The highest BCUT2D eigenvalue weighted by Crippen LogP contribution is 2.44. The van der Waals surface area contributed by atoms with Gasteiger partial charge in [-0.25, -0.2) is 8.78 Å². The second-order valence-corrected chi connectivity index (χ2v) is 5.79. The summed E-state index contributed by atoms with van der Waals surface area (Å²) in [5, 5.41) is 9.26. The highest BCUT2D eigenvalue weighted by atomic mass is 19.2. The van der Waals surface area contributed by atoms with Gasteiger partial charge < -0.3 is 10.0 Å². The highest BCUT2D eigenvalue weighted by molar-refractivity contribution is 5.94. The van der Waals surface area contributed by atoms with Crippen LogP contribution in [0.2, 0.25) is 0 Å². The first-order valence-corrected chi connectivity index (χ1v) is 6.94. The Balaban J connectivity index is 1.78. The number of amides is 1. The van der Waals surface area contributed by atoms with Gasteiger partial charge in [-0.05, 0) is 42.9 Å². The van der Waals surface area contributed by atoms with Gasteiger partial charge in [-0.3, -0.25) is 9.59 Å². The van der Waals surface area contributed by atoms with Gasteiger partial charge in [0.15, 0.2) is 11.6 Å². The van der Waals surface area contributed by atoms with Crippen LogP contribution >= 0.6 is 0 Å². The van der Waals surface area contributed by atoms with E-state index in [4.69, 9.17) is 0 Å². The Morgan fingerprint density at radius 2 is 1.86 bits per heavy atom. The van der Waals surface area contributed by atoms with E-state index in [-0.39, 0.29) is 18.0 Å². The Morgan fingerprint density at radius 1 is 1.14 bits per heavy atom. The molecule has 2 atom stereocenters. The minimum atomic E-state index is -1.08. The fourth-order valence-corrected chi connectivity index (χ4v) is 3.07. The van der Waals surface area contributed by atoms with Crippen LogP contribution in [-0.4, -0.2) is 35.0 Å². The van der Waals surface area contributed by atoms with E-state index in [9.17, 15) is 23.5 Å². The lowest BCUT2D eigenvalue weighted by molar-refractivity contribution is -0.142. The van der Waals surface area contributed by atoms with Gasteiger partial charge in [0.05, 0.1) is 5.92 Å². The van der Waals surface area contributed by atoms with E-state index in [0.717, 1.165) is 25.0 Å². The van der Waals surface area contributed by atoms with E-state index in [0.29, 0.717) is 12.5 Å². The molecule has 4 nitrogen and oxygen atoms in total. The maximum Gasteiger partial charge on any atom is 0.308 e. The molecule has 2 aliphatic rings. The molecule has 1 aliphatic heterocycles. The van der Waals surface area contributed by atoms with Crippen LogP contribution < -0.4 is 0 Å². The summed E-state index contributed by atoms with van der Waals surface area (Å²) in [4.78, 5) is 25.1. The number of carboxylic acids is 1. The van der Waals surface area contributed by atoms with Crippen molar-refractivity contribution in [2.24, 2.45) is 17.8 Å². The van der Waals surface area contributed by atoms with Crippen LogP contribution in [0.25, 0.3) is 0 Å². The standard InChI is InChI=1S/C15H15F2NO3/c16-12-4-3-9(5-13(12)17)14(19)18-6-10(8-1-2-8)11(7-18)15(20)21/h3-5,8,10-11H,1-2,6-7H2,(H,20,21)/t10-,11+/m0/s1. The predicted molar refractivity (Wildman–Crippen MR) is 69.6 cm³/mol. The SMILES string of the molecule is O=C(O)[C@@H]1CN(C(=O)c2ccc(F)c(F)c2)C[C@H]1C1CC1. The van der Waals surface area contributed by atoms with Crippen molar-refractivity contribution < 1.29 is 23.5 Å². The van der Waals surface area contributed by atoms with Crippen molar-refractivity contribution in [3.05, 3.63) is 35.4 Å². The van der Waals surface area contributed by atoms with Crippen LogP contribution in [0.3, 0.4) is 0 Å². The van der Waals surface area contributed by atoms with Gasteiger partial charge in [0.25, 0.3) is 5.91 Å². The van der Waals surface area contributed by atoms with Crippen LogP contribution in [0.1, 0.15) is 23.2 Å². The third-order valence-electron chi connectivity index (χ3n) is 4.36. The van der Waals surface area contributed by atoms with Crippen molar-refractivity contribution in [3.8, 4) is 0 Å². The lowest BCUT2D eigenvalue weighted by Crippen LogP contribution is -2.30. The van der Waals surface area contributed by atoms with Crippen molar-refractivity contribution >= 4 is 11.9 Å². The first kappa shape index (κ1) is 14.0. The third-order valence-corrected chi connectivity index (χ3v) is 4.36. The maximum absolute atomic E-state index is 13.2. The number of aliphatic carboxylic acids is 1. The lowest BCUT2D eigenvalue weighted by Gasteiger charge is -2.16. The summed E-state index contributed by atoms with van der Waals surface area (Å²) in [5.41, 5.74) is 0.0504. The van der Waals surface area contributed by atoms with Crippen molar-refractivity contribution in [2.75, 3.05) is 13.1 Å². The smallest absolute Gasteiger partial charge is 0.308 e. The number of benzene rings is 1. The molecular formula is C15H15F2NO3. The summed E-state index contributed by atoms with van der Waals surface area (Å²) >= 11 is 0. The normalized spacial score (nSPS) is 25.1. The quantitative estimate of drug-likeness (QED) is 0.929. The molecule has 112 valence electrons. The Hall–Kier alpha value is -1.98. The van der Waals surface area contributed by atoms with Crippen LogP contribution in [0.5, 0.6) is 0 Å². The van der Waals surface area contributed by atoms with Crippen molar-refractivity contribution in [3.63, 3.8) is 0 Å². The van der Waals surface area contributed by atoms with E-state index in [1.807, 2.05) is 0 Å². The van der Waals surface area contributed by atoms with E-state index < -0.39 is 29.4 Å². The van der Waals surface area contributed by atoms with E-state index >= 15 is 0 Å². The molecule has 21 heavy (non-hydrogen) atoms. The van der Waals surface area contributed by atoms with Crippen molar-refractivity contribution in [1.29, 1.82) is 0 Å². The Labute approximate surface area is 120 Å². The topological polar surface area (TPSA) is 57.6 Å². The molecule has 3 rings (SSSR count). The van der Waals surface area contributed by atoms with Crippen molar-refractivity contribution in [1.82, 2.24) is 4.90 Å². The molecule has 1 amide bonds. The number of halogens is 2. The van der Waals surface area contributed by atoms with Gasteiger partial charge in [-0.2, -0.15) is 0 Å². The average molecular weight is 295 g/mol. The highest BCUT2D eigenvalue weighted by Gasteiger charge is 2.46. The largest absolute Gasteiger partial charge is 0.481 e. The number of hydrogen-bond acceptors (Lipinski definition) is 2. The lowest BCUT2D eigenvalue weighted by atomic mass is 9.92. The molecule has 1 aromatic carbocycles. The molecule has 0 aromatic heterocycles. The number of rotatable bonds is 3. The van der Waals surface area contributed by atoms with E-state index in [1.165, 1.54) is 11.0 Å². The number of carbonyl (C=O) groups is 2. The summed E-state index contributed by atoms with van der Waals surface area (Å²) in [5.74, 6) is -3.64. The van der Waals surface area contributed by atoms with Crippen LogP contribution in [0.4, 0.5) is 8.78 Å². The number of nitrogens with zero attached hydrogens (tertiary/aromatic N) is 1. The molecule has 1 aromatic rings. The average Bonchev–Trinajstić information content (AvgIpc) is 3.19. The second kappa shape index (κ2) is 5.09. The molecule has 0 spiro atoms. The molecule has 1 N–H and O–H groups in total. The van der Waals surface area contributed by atoms with Crippen molar-refractivity contribution in [2.45, 2.75) is 12.8 Å². The molecule has 0 bridgehead atoms. The molecular weight excluding hydrogens is 280 g/mol. The molecule has 1 heterocycles. The van der Waals surface area contributed by atoms with Gasteiger partial charge in [0.1, 0.15) is 0 Å². The zero-order valence-corrected chi connectivity index (χ0v) is 11.3. The maximum atomic E-state index is 13.2.